The van der Waals surface area contributed by atoms with Gasteiger partial charge in [-0.25, -0.2) is 4.79 Å². The summed E-state index contributed by atoms with van der Waals surface area (Å²) in [6.45, 7) is 8.53. The number of carbonyl (C=O) groups is 1. The summed E-state index contributed by atoms with van der Waals surface area (Å²) >= 11 is 0. The lowest BCUT2D eigenvalue weighted by Gasteiger charge is -2.21. The van der Waals surface area contributed by atoms with Gasteiger partial charge in [0.15, 0.2) is 0 Å². The minimum absolute atomic E-state index is 0.208. The Morgan fingerprint density at radius 3 is 2.57 bits per heavy atom. The summed E-state index contributed by atoms with van der Waals surface area (Å²) in [5.41, 5.74) is -0.415. The average Bonchev–Trinajstić information content (AvgIpc) is 2.30. The summed E-state index contributed by atoms with van der Waals surface area (Å²) in [5.74, 6) is 0. The standard InChI is InChI=1S/C10H20N2O2/c1-7-5-8(6-11-7)12-9(13)14-10(2,3)4/h7-8,11H,5-6H2,1-4H3,(H,12,13). The molecule has 0 aromatic rings. The highest BCUT2D eigenvalue weighted by Gasteiger charge is 2.24. The van der Waals surface area contributed by atoms with Crippen molar-refractivity contribution in [3.63, 3.8) is 0 Å². The number of carbonyl (C=O) groups excluding carboxylic acids is 1. The van der Waals surface area contributed by atoms with Crippen LogP contribution >= 0.6 is 0 Å². The topological polar surface area (TPSA) is 50.4 Å². The molecule has 2 unspecified atom stereocenters. The van der Waals surface area contributed by atoms with Crippen LogP contribution in [0.2, 0.25) is 0 Å². The molecule has 0 spiro atoms. The summed E-state index contributed by atoms with van der Waals surface area (Å²) < 4.78 is 5.16. The van der Waals surface area contributed by atoms with Crippen LogP contribution in [0.5, 0.6) is 0 Å². The molecule has 1 aliphatic rings. The second-order valence-electron chi connectivity index (χ2n) is 4.89. The highest BCUT2D eigenvalue weighted by molar-refractivity contribution is 5.68. The van der Waals surface area contributed by atoms with E-state index in [1.807, 2.05) is 20.8 Å². The molecule has 1 saturated heterocycles. The van der Waals surface area contributed by atoms with Gasteiger partial charge in [-0.3, -0.25) is 0 Å². The van der Waals surface area contributed by atoms with Crippen molar-refractivity contribution < 1.29 is 9.53 Å². The predicted octanol–water partition coefficient (Wildman–Crippen LogP) is 1.26. The summed E-state index contributed by atoms with van der Waals surface area (Å²) in [6, 6.07) is 0.690. The van der Waals surface area contributed by atoms with Crippen LogP contribution in [0.3, 0.4) is 0 Å². The zero-order valence-electron chi connectivity index (χ0n) is 9.39. The van der Waals surface area contributed by atoms with Gasteiger partial charge in [-0.05, 0) is 34.1 Å². The van der Waals surface area contributed by atoms with Gasteiger partial charge >= 0.3 is 6.09 Å². The highest BCUT2D eigenvalue weighted by atomic mass is 16.6. The van der Waals surface area contributed by atoms with E-state index in [0.29, 0.717) is 6.04 Å². The van der Waals surface area contributed by atoms with E-state index in [-0.39, 0.29) is 12.1 Å². The molecule has 14 heavy (non-hydrogen) atoms. The van der Waals surface area contributed by atoms with Gasteiger partial charge in [-0.2, -0.15) is 0 Å². The van der Waals surface area contributed by atoms with Crippen LogP contribution < -0.4 is 10.6 Å². The molecule has 4 nitrogen and oxygen atoms in total. The molecule has 1 aliphatic heterocycles. The van der Waals surface area contributed by atoms with Crippen molar-refractivity contribution in [1.29, 1.82) is 0 Å². The lowest BCUT2D eigenvalue weighted by molar-refractivity contribution is 0.0508. The number of rotatable bonds is 1. The van der Waals surface area contributed by atoms with E-state index < -0.39 is 5.60 Å². The Labute approximate surface area is 85.4 Å². The molecular weight excluding hydrogens is 180 g/mol. The van der Waals surface area contributed by atoms with Gasteiger partial charge in [0.2, 0.25) is 0 Å². The third-order valence-electron chi connectivity index (χ3n) is 2.07. The fraction of sp³-hybridized carbons (Fsp3) is 0.900. The molecule has 0 bridgehead atoms. The number of amides is 1. The quantitative estimate of drug-likeness (QED) is 0.670. The van der Waals surface area contributed by atoms with Crippen molar-refractivity contribution in [2.45, 2.75) is 51.8 Å². The maximum Gasteiger partial charge on any atom is 0.407 e. The van der Waals surface area contributed by atoms with Crippen molar-refractivity contribution in [2.75, 3.05) is 6.54 Å². The molecule has 0 aliphatic carbocycles. The molecule has 1 fully saturated rings. The largest absolute Gasteiger partial charge is 0.444 e. The number of alkyl carbamates (subject to hydrolysis) is 1. The lowest BCUT2D eigenvalue weighted by Crippen LogP contribution is -2.40. The molecule has 2 atom stereocenters. The first-order chi connectivity index (χ1) is 6.37. The van der Waals surface area contributed by atoms with Gasteiger partial charge < -0.3 is 15.4 Å². The molecule has 2 N–H and O–H groups in total. The van der Waals surface area contributed by atoms with Crippen molar-refractivity contribution in [2.24, 2.45) is 0 Å². The normalized spacial score (nSPS) is 27.4. The van der Waals surface area contributed by atoms with E-state index in [4.69, 9.17) is 4.74 Å². The van der Waals surface area contributed by atoms with Crippen LogP contribution in [0, 0.1) is 0 Å². The van der Waals surface area contributed by atoms with E-state index in [1.165, 1.54) is 0 Å². The van der Waals surface area contributed by atoms with Crippen LogP contribution in [0.1, 0.15) is 34.1 Å². The Morgan fingerprint density at radius 2 is 2.14 bits per heavy atom. The Kier molecular flexibility index (Phi) is 3.37. The van der Waals surface area contributed by atoms with E-state index in [9.17, 15) is 4.79 Å². The van der Waals surface area contributed by atoms with Crippen molar-refractivity contribution in [1.82, 2.24) is 10.6 Å². The van der Waals surface area contributed by atoms with Crippen LogP contribution in [0.15, 0.2) is 0 Å². The molecule has 0 aromatic carbocycles. The average molecular weight is 200 g/mol. The predicted molar refractivity (Wildman–Crippen MR) is 55.2 cm³/mol. The lowest BCUT2D eigenvalue weighted by atomic mass is 10.2. The molecule has 0 radical (unpaired) electrons. The summed E-state index contributed by atoms with van der Waals surface area (Å²) in [4.78, 5) is 11.4. The van der Waals surface area contributed by atoms with Crippen molar-refractivity contribution in [3.05, 3.63) is 0 Å². The summed E-state index contributed by atoms with van der Waals surface area (Å²) in [6.07, 6.45) is 0.651. The van der Waals surface area contributed by atoms with E-state index in [0.717, 1.165) is 13.0 Å². The SMILES string of the molecule is CC1CC(NC(=O)OC(C)(C)C)CN1. The smallest absolute Gasteiger partial charge is 0.407 e. The minimum Gasteiger partial charge on any atom is -0.444 e. The molecule has 0 saturated carbocycles. The Bertz CT molecular complexity index is 211. The molecule has 0 aromatic heterocycles. The van der Waals surface area contributed by atoms with Gasteiger partial charge in [0.05, 0.1) is 0 Å². The fourth-order valence-corrected chi connectivity index (χ4v) is 1.52. The molecule has 4 heteroatoms. The van der Waals surface area contributed by atoms with Gasteiger partial charge in [-0.1, -0.05) is 0 Å². The second-order valence-corrected chi connectivity index (χ2v) is 4.89. The molecule has 1 amide bonds. The van der Waals surface area contributed by atoms with Crippen molar-refractivity contribution >= 4 is 6.09 Å². The van der Waals surface area contributed by atoms with Crippen LogP contribution in [-0.2, 0) is 4.74 Å². The number of hydrogen-bond donors (Lipinski definition) is 2. The zero-order valence-corrected chi connectivity index (χ0v) is 9.39. The third kappa shape index (κ3) is 3.96. The van der Waals surface area contributed by atoms with Gasteiger partial charge in [-0.15, -0.1) is 0 Å². The molecule has 82 valence electrons. The van der Waals surface area contributed by atoms with Gasteiger partial charge in [0.1, 0.15) is 5.60 Å². The maximum absolute atomic E-state index is 11.4. The summed E-state index contributed by atoms with van der Waals surface area (Å²) in [7, 11) is 0. The van der Waals surface area contributed by atoms with E-state index >= 15 is 0 Å². The molecule has 1 heterocycles. The van der Waals surface area contributed by atoms with Crippen LogP contribution in [-0.4, -0.2) is 30.3 Å². The van der Waals surface area contributed by atoms with E-state index in [2.05, 4.69) is 17.6 Å². The molecular formula is C10H20N2O2. The third-order valence-corrected chi connectivity index (χ3v) is 2.07. The van der Waals surface area contributed by atoms with E-state index in [1.54, 1.807) is 0 Å². The van der Waals surface area contributed by atoms with Crippen LogP contribution in [0.4, 0.5) is 4.79 Å². The van der Waals surface area contributed by atoms with Crippen molar-refractivity contribution in [3.8, 4) is 0 Å². The van der Waals surface area contributed by atoms with Gasteiger partial charge in [0.25, 0.3) is 0 Å². The monoisotopic (exact) mass is 200 g/mol. The Hall–Kier alpha value is -0.770. The Morgan fingerprint density at radius 1 is 1.50 bits per heavy atom. The first kappa shape index (κ1) is 11.3. The first-order valence-electron chi connectivity index (χ1n) is 5.10. The molecule has 1 rings (SSSR count). The fourth-order valence-electron chi connectivity index (χ4n) is 1.52. The van der Waals surface area contributed by atoms with Gasteiger partial charge in [0, 0.05) is 18.6 Å². The minimum atomic E-state index is -0.415. The van der Waals surface area contributed by atoms with Crippen LogP contribution in [0.25, 0.3) is 0 Å². The second kappa shape index (κ2) is 4.17. The first-order valence-corrected chi connectivity index (χ1v) is 5.10. The maximum atomic E-state index is 11.4. The highest BCUT2D eigenvalue weighted by Crippen LogP contribution is 2.09. The number of nitrogens with one attached hydrogen (secondary N) is 2. The zero-order chi connectivity index (χ0) is 10.8. The summed E-state index contributed by atoms with van der Waals surface area (Å²) in [5, 5.41) is 6.11. The number of hydrogen-bond acceptors (Lipinski definition) is 3. The Balaban J connectivity index is 2.27. The number of ether oxygens (including phenoxy) is 1.